The SMILES string of the molecule is CSCc1nnc(SCCC23CC4CC(CC(C4)C2)C3)o1. The molecule has 1 aromatic heterocycles. The van der Waals surface area contributed by atoms with Crippen LogP contribution >= 0.6 is 23.5 Å². The summed E-state index contributed by atoms with van der Waals surface area (Å²) in [4.78, 5) is 0. The van der Waals surface area contributed by atoms with Crippen LogP contribution in [0, 0.1) is 23.2 Å². The van der Waals surface area contributed by atoms with Gasteiger partial charge in [-0.05, 0) is 74.4 Å². The summed E-state index contributed by atoms with van der Waals surface area (Å²) in [5.41, 5.74) is 0.671. The first kappa shape index (κ1) is 14.4. The van der Waals surface area contributed by atoms with Crippen LogP contribution in [0.5, 0.6) is 0 Å². The van der Waals surface area contributed by atoms with Gasteiger partial charge in [0.15, 0.2) is 0 Å². The molecule has 0 aromatic carbocycles. The van der Waals surface area contributed by atoms with Gasteiger partial charge in [-0.1, -0.05) is 11.8 Å². The topological polar surface area (TPSA) is 38.9 Å². The van der Waals surface area contributed by atoms with Crippen molar-refractivity contribution in [1.29, 1.82) is 0 Å². The highest BCUT2D eigenvalue weighted by molar-refractivity contribution is 7.99. The fourth-order valence-electron chi connectivity index (χ4n) is 5.43. The first-order valence-electron chi connectivity index (χ1n) is 8.19. The van der Waals surface area contributed by atoms with E-state index in [0.29, 0.717) is 5.41 Å². The van der Waals surface area contributed by atoms with Gasteiger partial charge in [-0.3, -0.25) is 0 Å². The molecule has 0 spiro atoms. The highest BCUT2D eigenvalue weighted by Gasteiger charge is 2.50. The van der Waals surface area contributed by atoms with Gasteiger partial charge in [0.2, 0.25) is 5.89 Å². The van der Waals surface area contributed by atoms with Crippen LogP contribution in [0.15, 0.2) is 9.64 Å². The Hall–Kier alpha value is -0.160. The zero-order valence-electron chi connectivity index (χ0n) is 12.7. The van der Waals surface area contributed by atoms with Crippen LogP contribution in [0.3, 0.4) is 0 Å². The third-order valence-electron chi connectivity index (χ3n) is 5.74. The molecule has 1 aromatic rings. The molecule has 0 unspecified atom stereocenters. The lowest BCUT2D eigenvalue weighted by molar-refractivity contribution is -0.0538. The molecular formula is C16H24N2OS2. The minimum absolute atomic E-state index is 0.671. The number of nitrogens with zero attached hydrogens (tertiary/aromatic N) is 2. The molecule has 21 heavy (non-hydrogen) atoms. The number of rotatable bonds is 6. The van der Waals surface area contributed by atoms with E-state index >= 15 is 0 Å². The van der Waals surface area contributed by atoms with Crippen LogP contribution in [-0.2, 0) is 5.75 Å². The molecule has 4 aliphatic carbocycles. The van der Waals surface area contributed by atoms with E-state index in [1.807, 2.05) is 0 Å². The minimum atomic E-state index is 0.671. The lowest BCUT2D eigenvalue weighted by Crippen LogP contribution is -2.46. The number of aromatic nitrogens is 2. The Bertz CT molecular complexity index is 467. The Morgan fingerprint density at radius 3 is 2.38 bits per heavy atom. The second-order valence-corrected chi connectivity index (χ2v) is 9.32. The summed E-state index contributed by atoms with van der Waals surface area (Å²) in [5.74, 6) is 5.89. The van der Waals surface area contributed by atoms with Crippen molar-refractivity contribution < 1.29 is 4.42 Å². The second kappa shape index (κ2) is 5.80. The Labute approximate surface area is 135 Å². The molecule has 0 saturated heterocycles. The smallest absolute Gasteiger partial charge is 0.276 e. The molecule has 4 saturated carbocycles. The molecule has 4 bridgehead atoms. The Morgan fingerprint density at radius 2 is 1.76 bits per heavy atom. The highest BCUT2D eigenvalue weighted by atomic mass is 32.2. The number of thioether (sulfide) groups is 2. The maximum atomic E-state index is 5.66. The minimum Gasteiger partial charge on any atom is -0.415 e. The highest BCUT2D eigenvalue weighted by Crippen LogP contribution is 2.61. The number of hydrogen-bond donors (Lipinski definition) is 0. The lowest BCUT2D eigenvalue weighted by Gasteiger charge is -2.57. The summed E-state index contributed by atoms with van der Waals surface area (Å²) in [5, 5.41) is 9.01. The molecule has 4 aliphatic rings. The van der Waals surface area contributed by atoms with Crippen molar-refractivity contribution in [2.75, 3.05) is 12.0 Å². The van der Waals surface area contributed by atoms with Crippen molar-refractivity contribution in [3.8, 4) is 0 Å². The Morgan fingerprint density at radius 1 is 1.10 bits per heavy atom. The van der Waals surface area contributed by atoms with Crippen LogP contribution in [0.1, 0.15) is 50.8 Å². The van der Waals surface area contributed by atoms with Gasteiger partial charge in [-0.2, -0.15) is 11.8 Å². The van der Waals surface area contributed by atoms with Crippen molar-refractivity contribution in [3.63, 3.8) is 0 Å². The molecule has 0 amide bonds. The van der Waals surface area contributed by atoms with Gasteiger partial charge in [0.1, 0.15) is 0 Å². The van der Waals surface area contributed by atoms with E-state index in [2.05, 4.69) is 16.5 Å². The number of hydrogen-bond acceptors (Lipinski definition) is 5. The molecular weight excluding hydrogens is 300 g/mol. The maximum absolute atomic E-state index is 5.66. The first-order chi connectivity index (χ1) is 10.2. The molecule has 5 rings (SSSR count). The van der Waals surface area contributed by atoms with Crippen molar-refractivity contribution >= 4 is 23.5 Å². The Balaban J connectivity index is 1.32. The van der Waals surface area contributed by atoms with Crippen molar-refractivity contribution in [3.05, 3.63) is 5.89 Å². The Kier molecular flexibility index (Phi) is 3.99. The standard InChI is InChI=1S/C16H24N2OS2/c1-20-10-14-17-18-15(19-14)21-3-2-16-7-11-4-12(8-16)6-13(5-11)9-16/h11-13H,2-10H2,1H3. The van der Waals surface area contributed by atoms with Crippen LogP contribution in [0.4, 0.5) is 0 Å². The van der Waals surface area contributed by atoms with E-state index < -0.39 is 0 Å². The zero-order chi connectivity index (χ0) is 14.3. The predicted octanol–water partition coefficient (Wildman–Crippen LogP) is 4.63. The largest absolute Gasteiger partial charge is 0.415 e. The van der Waals surface area contributed by atoms with E-state index in [1.54, 1.807) is 23.5 Å². The summed E-state index contributed by atoms with van der Waals surface area (Å²) in [7, 11) is 0. The molecule has 1 heterocycles. The van der Waals surface area contributed by atoms with Crippen LogP contribution in [0.2, 0.25) is 0 Å². The van der Waals surface area contributed by atoms with E-state index in [0.717, 1.165) is 40.4 Å². The summed E-state index contributed by atoms with van der Waals surface area (Å²) in [6.45, 7) is 0. The van der Waals surface area contributed by atoms with Gasteiger partial charge >= 0.3 is 0 Å². The second-order valence-electron chi connectivity index (χ2n) is 7.41. The summed E-state index contributed by atoms with van der Waals surface area (Å²) in [6.07, 6.45) is 12.5. The molecule has 5 heteroatoms. The van der Waals surface area contributed by atoms with Crippen LogP contribution < -0.4 is 0 Å². The van der Waals surface area contributed by atoms with Crippen LogP contribution in [-0.4, -0.2) is 22.2 Å². The third-order valence-corrected chi connectivity index (χ3v) is 7.09. The average molecular weight is 325 g/mol. The van der Waals surface area contributed by atoms with Gasteiger partial charge in [0.25, 0.3) is 5.22 Å². The summed E-state index contributed by atoms with van der Waals surface area (Å²) in [6, 6.07) is 0. The van der Waals surface area contributed by atoms with E-state index in [1.165, 1.54) is 44.9 Å². The average Bonchev–Trinajstić information content (AvgIpc) is 2.85. The lowest BCUT2D eigenvalue weighted by atomic mass is 9.49. The molecule has 4 fully saturated rings. The van der Waals surface area contributed by atoms with Gasteiger partial charge in [-0.25, -0.2) is 0 Å². The first-order valence-corrected chi connectivity index (χ1v) is 10.6. The summed E-state index contributed by atoms with van der Waals surface area (Å²) < 4.78 is 5.66. The van der Waals surface area contributed by atoms with Crippen LogP contribution in [0.25, 0.3) is 0 Å². The van der Waals surface area contributed by atoms with Gasteiger partial charge in [0, 0.05) is 5.75 Å². The predicted molar refractivity (Wildman–Crippen MR) is 87.5 cm³/mol. The van der Waals surface area contributed by atoms with Gasteiger partial charge in [-0.15, -0.1) is 10.2 Å². The van der Waals surface area contributed by atoms with E-state index in [4.69, 9.17) is 4.42 Å². The fourth-order valence-corrected chi connectivity index (χ4v) is 6.76. The van der Waals surface area contributed by atoms with Crippen molar-refractivity contribution in [2.24, 2.45) is 23.2 Å². The normalized spacial score (nSPS) is 37.3. The van der Waals surface area contributed by atoms with Crippen molar-refractivity contribution in [1.82, 2.24) is 10.2 Å². The fraction of sp³-hybridized carbons (Fsp3) is 0.875. The summed E-state index contributed by atoms with van der Waals surface area (Å²) >= 11 is 3.49. The van der Waals surface area contributed by atoms with Gasteiger partial charge < -0.3 is 4.42 Å². The van der Waals surface area contributed by atoms with E-state index in [9.17, 15) is 0 Å². The molecule has 0 radical (unpaired) electrons. The third kappa shape index (κ3) is 3.00. The quantitative estimate of drug-likeness (QED) is 0.713. The molecule has 3 nitrogen and oxygen atoms in total. The van der Waals surface area contributed by atoms with E-state index in [-0.39, 0.29) is 0 Å². The monoisotopic (exact) mass is 324 g/mol. The zero-order valence-corrected chi connectivity index (χ0v) is 14.3. The maximum Gasteiger partial charge on any atom is 0.276 e. The molecule has 0 atom stereocenters. The van der Waals surface area contributed by atoms with Gasteiger partial charge in [0.05, 0.1) is 5.75 Å². The molecule has 0 N–H and O–H groups in total. The molecule has 0 aliphatic heterocycles. The van der Waals surface area contributed by atoms with Crippen molar-refractivity contribution in [2.45, 2.75) is 55.9 Å². The molecule has 116 valence electrons.